The molecule has 1 aromatic rings. The summed E-state index contributed by atoms with van der Waals surface area (Å²) in [6, 6.07) is 2.66. The lowest BCUT2D eigenvalue weighted by atomic mass is 10.0. The summed E-state index contributed by atoms with van der Waals surface area (Å²) in [6.45, 7) is 1.60. The maximum Gasteiger partial charge on any atom is 0.255 e. The van der Waals surface area contributed by atoms with Crippen molar-refractivity contribution in [2.75, 3.05) is 13.1 Å². The summed E-state index contributed by atoms with van der Waals surface area (Å²) in [5.41, 5.74) is 0.665. The molecule has 0 saturated carbocycles. The number of aryl methyl sites for hydroxylation is 1. The van der Waals surface area contributed by atoms with E-state index < -0.39 is 11.7 Å². The maximum absolute atomic E-state index is 13.3. The van der Waals surface area contributed by atoms with Crippen LogP contribution in [0.3, 0.4) is 0 Å². The van der Waals surface area contributed by atoms with Crippen molar-refractivity contribution in [2.24, 2.45) is 0 Å². The smallest absolute Gasteiger partial charge is 0.255 e. The van der Waals surface area contributed by atoms with Gasteiger partial charge < -0.3 is 4.90 Å². The lowest BCUT2D eigenvalue weighted by Crippen LogP contribution is -2.42. The van der Waals surface area contributed by atoms with Crippen LogP contribution < -0.4 is 0 Å². The van der Waals surface area contributed by atoms with Crippen molar-refractivity contribution in [3.8, 4) is 0 Å². The van der Waals surface area contributed by atoms with Crippen LogP contribution in [0.25, 0.3) is 0 Å². The van der Waals surface area contributed by atoms with Gasteiger partial charge in [0.05, 0.1) is 5.56 Å². The molecule has 1 aliphatic heterocycles. The molecule has 104 valence electrons. The zero-order valence-corrected chi connectivity index (χ0v) is 11.9. The highest BCUT2D eigenvalue weighted by molar-refractivity contribution is 9.10. The van der Waals surface area contributed by atoms with Crippen LogP contribution in [0.15, 0.2) is 16.6 Å². The average Bonchev–Trinajstić information content (AvgIpc) is 2.33. The highest BCUT2D eigenvalue weighted by Gasteiger charge is 2.36. The predicted molar refractivity (Wildman–Crippen MR) is 68.9 cm³/mol. The minimum absolute atomic E-state index is 0.0225. The SMILES string of the molecule is Cc1cc(C(=O)N2CCC(F)(F)CC2)c(Br)cc1F. The van der Waals surface area contributed by atoms with Gasteiger partial charge in [0.15, 0.2) is 0 Å². The Kier molecular flexibility index (Phi) is 3.90. The lowest BCUT2D eigenvalue weighted by molar-refractivity contribution is -0.0494. The van der Waals surface area contributed by atoms with E-state index in [4.69, 9.17) is 0 Å². The molecule has 0 atom stereocenters. The van der Waals surface area contributed by atoms with E-state index in [0.717, 1.165) is 0 Å². The number of nitrogens with zero attached hydrogens (tertiary/aromatic N) is 1. The predicted octanol–water partition coefficient (Wildman–Crippen LogP) is 3.77. The Hall–Kier alpha value is -1.04. The molecule has 1 saturated heterocycles. The third kappa shape index (κ3) is 3.11. The topological polar surface area (TPSA) is 20.3 Å². The Morgan fingerprint density at radius 2 is 1.89 bits per heavy atom. The zero-order valence-electron chi connectivity index (χ0n) is 10.4. The number of amides is 1. The van der Waals surface area contributed by atoms with Crippen LogP contribution in [0.4, 0.5) is 13.2 Å². The summed E-state index contributed by atoms with van der Waals surface area (Å²) in [6.07, 6.45) is -0.646. The van der Waals surface area contributed by atoms with Crippen LogP contribution in [0.1, 0.15) is 28.8 Å². The standard InChI is InChI=1S/C13H13BrF3NO/c1-8-6-9(10(14)7-11(8)15)12(19)18-4-2-13(16,17)3-5-18/h6-7H,2-5H2,1H3. The summed E-state index contributed by atoms with van der Waals surface area (Å²) in [7, 11) is 0. The molecule has 2 nitrogen and oxygen atoms in total. The van der Waals surface area contributed by atoms with Gasteiger partial charge in [-0.1, -0.05) is 0 Å². The Balaban J connectivity index is 2.19. The van der Waals surface area contributed by atoms with Crippen molar-refractivity contribution in [3.05, 3.63) is 33.5 Å². The lowest BCUT2D eigenvalue weighted by Gasteiger charge is -2.32. The second kappa shape index (κ2) is 5.15. The van der Waals surface area contributed by atoms with Gasteiger partial charge in [0.1, 0.15) is 5.82 Å². The van der Waals surface area contributed by atoms with Crippen LogP contribution >= 0.6 is 15.9 Å². The fourth-order valence-corrected chi connectivity index (χ4v) is 2.51. The summed E-state index contributed by atoms with van der Waals surface area (Å²) < 4.78 is 39.7. The van der Waals surface area contributed by atoms with E-state index in [-0.39, 0.29) is 31.8 Å². The quantitative estimate of drug-likeness (QED) is 0.765. The molecular weight excluding hydrogens is 323 g/mol. The van der Waals surface area contributed by atoms with Gasteiger partial charge in [0, 0.05) is 30.4 Å². The van der Waals surface area contributed by atoms with Crippen LogP contribution in [-0.2, 0) is 0 Å². The number of rotatable bonds is 1. The van der Waals surface area contributed by atoms with Crippen molar-refractivity contribution >= 4 is 21.8 Å². The largest absolute Gasteiger partial charge is 0.338 e. The first-order valence-electron chi connectivity index (χ1n) is 5.93. The zero-order chi connectivity index (χ0) is 14.2. The van der Waals surface area contributed by atoms with Gasteiger partial charge in [0.2, 0.25) is 0 Å². The molecule has 0 N–H and O–H groups in total. The van der Waals surface area contributed by atoms with Gasteiger partial charge in [0.25, 0.3) is 11.8 Å². The van der Waals surface area contributed by atoms with E-state index in [1.807, 2.05) is 0 Å². The first kappa shape index (κ1) is 14.4. The molecule has 0 spiro atoms. The van der Waals surface area contributed by atoms with Crippen molar-refractivity contribution in [1.29, 1.82) is 0 Å². The van der Waals surface area contributed by atoms with Crippen LogP contribution in [0.2, 0.25) is 0 Å². The molecule has 6 heteroatoms. The van der Waals surface area contributed by atoms with Crippen LogP contribution in [0, 0.1) is 12.7 Å². The highest BCUT2D eigenvalue weighted by Crippen LogP contribution is 2.29. The number of carbonyl (C=O) groups is 1. The van der Waals surface area contributed by atoms with Crippen molar-refractivity contribution < 1.29 is 18.0 Å². The Morgan fingerprint density at radius 3 is 2.47 bits per heavy atom. The number of benzene rings is 1. The molecule has 0 aliphatic carbocycles. The fraction of sp³-hybridized carbons (Fsp3) is 0.462. The number of piperidine rings is 1. The van der Waals surface area contributed by atoms with E-state index in [0.29, 0.717) is 15.6 Å². The molecule has 19 heavy (non-hydrogen) atoms. The van der Waals surface area contributed by atoms with E-state index in [1.165, 1.54) is 17.0 Å². The van der Waals surface area contributed by atoms with Crippen LogP contribution in [-0.4, -0.2) is 29.8 Å². The molecule has 2 rings (SSSR count). The van der Waals surface area contributed by atoms with Crippen molar-refractivity contribution in [1.82, 2.24) is 4.90 Å². The van der Waals surface area contributed by atoms with Crippen molar-refractivity contribution in [2.45, 2.75) is 25.7 Å². The number of halogens is 4. The van der Waals surface area contributed by atoms with E-state index >= 15 is 0 Å². The van der Waals surface area contributed by atoms with Gasteiger partial charge >= 0.3 is 0 Å². The maximum atomic E-state index is 13.3. The molecule has 1 amide bonds. The fourth-order valence-electron chi connectivity index (χ4n) is 2.03. The molecule has 0 radical (unpaired) electrons. The highest BCUT2D eigenvalue weighted by atomic mass is 79.9. The van der Waals surface area contributed by atoms with Gasteiger partial charge in [-0.2, -0.15) is 0 Å². The van der Waals surface area contributed by atoms with E-state index in [1.54, 1.807) is 6.92 Å². The molecule has 0 aromatic heterocycles. The normalized spacial score (nSPS) is 18.5. The third-order valence-electron chi connectivity index (χ3n) is 3.26. The third-order valence-corrected chi connectivity index (χ3v) is 3.92. The van der Waals surface area contributed by atoms with Crippen LogP contribution in [0.5, 0.6) is 0 Å². The average molecular weight is 336 g/mol. The van der Waals surface area contributed by atoms with E-state index in [9.17, 15) is 18.0 Å². The molecule has 1 aromatic carbocycles. The van der Waals surface area contributed by atoms with E-state index in [2.05, 4.69) is 15.9 Å². The Morgan fingerprint density at radius 1 is 1.32 bits per heavy atom. The number of carbonyl (C=O) groups excluding carboxylic acids is 1. The number of likely N-dealkylation sites (tertiary alicyclic amines) is 1. The van der Waals surface area contributed by atoms with Gasteiger partial charge in [-0.05, 0) is 40.5 Å². The second-order valence-corrected chi connectivity index (χ2v) is 5.58. The summed E-state index contributed by atoms with van der Waals surface area (Å²) >= 11 is 3.14. The molecule has 1 aliphatic rings. The number of hydrogen-bond acceptors (Lipinski definition) is 1. The first-order chi connectivity index (χ1) is 8.80. The summed E-state index contributed by atoms with van der Waals surface area (Å²) in [4.78, 5) is 13.6. The molecule has 1 fully saturated rings. The Bertz CT molecular complexity index is 509. The summed E-state index contributed by atoms with van der Waals surface area (Å²) in [5.74, 6) is -3.44. The molecule has 1 heterocycles. The number of alkyl halides is 2. The minimum Gasteiger partial charge on any atom is -0.338 e. The number of hydrogen-bond donors (Lipinski definition) is 0. The van der Waals surface area contributed by atoms with Gasteiger partial charge in [-0.3, -0.25) is 4.79 Å². The first-order valence-corrected chi connectivity index (χ1v) is 6.72. The molecule has 0 bridgehead atoms. The van der Waals surface area contributed by atoms with Gasteiger partial charge in [-0.25, -0.2) is 13.2 Å². The minimum atomic E-state index is -2.69. The summed E-state index contributed by atoms with van der Waals surface area (Å²) in [5, 5.41) is 0. The van der Waals surface area contributed by atoms with Crippen molar-refractivity contribution in [3.63, 3.8) is 0 Å². The van der Waals surface area contributed by atoms with Gasteiger partial charge in [-0.15, -0.1) is 0 Å². The molecule has 0 unspecified atom stereocenters. The Labute approximate surface area is 117 Å². The molecular formula is C13H13BrF3NO. The monoisotopic (exact) mass is 335 g/mol. The second-order valence-electron chi connectivity index (χ2n) is 4.73.